The Balaban J connectivity index is 1.59. The summed E-state index contributed by atoms with van der Waals surface area (Å²) in [7, 11) is 0. The van der Waals surface area contributed by atoms with Crippen molar-refractivity contribution in [1.29, 1.82) is 0 Å². The number of ether oxygens (including phenoxy) is 2. The Bertz CT molecular complexity index is 658. The molecule has 0 unspecified atom stereocenters. The van der Waals surface area contributed by atoms with Crippen LogP contribution in [-0.2, 0) is 4.74 Å². The molecule has 1 aromatic carbocycles. The molecule has 0 bridgehead atoms. The van der Waals surface area contributed by atoms with Crippen molar-refractivity contribution in [2.75, 3.05) is 0 Å². The van der Waals surface area contributed by atoms with Crippen molar-refractivity contribution in [1.82, 2.24) is 0 Å². The molecule has 0 spiro atoms. The molecular weight excluding hydrogens is 355 g/mol. The lowest BCUT2D eigenvalue weighted by Gasteiger charge is -2.50. The Morgan fingerprint density at radius 2 is 1.80 bits per heavy atom. The summed E-state index contributed by atoms with van der Waals surface area (Å²) in [4.78, 5) is 0. The summed E-state index contributed by atoms with van der Waals surface area (Å²) in [6.45, 7) is 8.74. The van der Waals surface area contributed by atoms with Gasteiger partial charge in [-0.3, -0.25) is 0 Å². The van der Waals surface area contributed by atoms with Gasteiger partial charge < -0.3 is 9.47 Å². The minimum atomic E-state index is -0.604. The van der Waals surface area contributed by atoms with Gasteiger partial charge in [-0.15, -0.1) is 23.2 Å². The van der Waals surface area contributed by atoms with Crippen LogP contribution in [0.25, 0.3) is 0 Å². The first kappa shape index (κ1) is 17.9. The van der Waals surface area contributed by atoms with E-state index in [1.54, 1.807) is 0 Å². The lowest BCUT2D eigenvalue weighted by atomic mass is 9.72. The van der Waals surface area contributed by atoms with Crippen LogP contribution in [0, 0.1) is 17.3 Å². The zero-order chi connectivity index (χ0) is 18.0. The minimum absolute atomic E-state index is 0.0178. The zero-order valence-electron chi connectivity index (χ0n) is 15.5. The van der Waals surface area contributed by atoms with Crippen LogP contribution < -0.4 is 4.74 Å². The van der Waals surface area contributed by atoms with Gasteiger partial charge in [0.05, 0.1) is 12.2 Å². The quantitative estimate of drug-likeness (QED) is 0.570. The molecular formula is C21H28Cl2O2. The summed E-state index contributed by atoms with van der Waals surface area (Å²) in [6, 6.07) is 8.34. The number of para-hydroxylation sites is 1. The molecule has 138 valence electrons. The highest BCUT2D eigenvalue weighted by Crippen LogP contribution is 2.70. The van der Waals surface area contributed by atoms with Crippen molar-refractivity contribution in [3.8, 4) is 5.75 Å². The summed E-state index contributed by atoms with van der Waals surface area (Å²) in [5, 5.41) is 0. The van der Waals surface area contributed by atoms with Crippen molar-refractivity contribution in [2.45, 2.75) is 75.5 Å². The van der Waals surface area contributed by atoms with E-state index in [0.29, 0.717) is 17.9 Å². The third-order valence-corrected chi connectivity index (χ3v) is 8.50. The van der Waals surface area contributed by atoms with Crippen LogP contribution in [-0.4, -0.2) is 16.0 Å². The molecule has 2 fully saturated rings. The van der Waals surface area contributed by atoms with E-state index in [1.807, 2.05) is 6.07 Å². The van der Waals surface area contributed by atoms with E-state index in [1.165, 1.54) is 5.56 Å². The molecule has 0 N–H and O–H groups in total. The lowest BCUT2D eigenvalue weighted by molar-refractivity contribution is -0.153. The van der Waals surface area contributed by atoms with E-state index < -0.39 is 4.33 Å². The van der Waals surface area contributed by atoms with E-state index >= 15 is 0 Å². The largest absolute Gasteiger partial charge is 0.487 e. The predicted octanol–water partition coefficient (Wildman–Crippen LogP) is 6.30. The number of alkyl halides is 2. The molecule has 1 aromatic rings. The highest BCUT2D eigenvalue weighted by atomic mass is 35.5. The first-order valence-electron chi connectivity index (χ1n) is 9.48. The summed E-state index contributed by atoms with van der Waals surface area (Å²) in [5.41, 5.74) is 0.949. The van der Waals surface area contributed by atoms with E-state index in [4.69, 9.17) is 32.7 Å². The van der Waals surface area contributed by atoms with Gasteiger partial charge in [0.1, 0.15) is 15.7 Å². The highest BCUT2D eigenvalue weighted by Gasteiger charge is 2.69. The van der Waals surface area contributed by atoms with Crippen molar-refractivity contribution >= 4 is 23.2 Å². The Hall–Kier alpha value is -0.440. The fraction of sp³-hybridized carbons (Fsp3) is 0.714. The standard InChI is InChI=1S/C21H28Cl2O2/c1-13-9-10-15-18(24-13)14-7-5-6-8-16(14)25-20(15,4)12-11-17-19(2,3)21(17,22)23/h5-8,13,15,17-18H,9-12H2,1-4H3/t13-,15+,17-,18-,20+/m1/s1. The molecule has 4 rings (SSSR count). The SMILES string of the molecule is C[C@@H]1CC[C@H]2[C@H](O1)c1ccccc1O[C@@]2(C)CC[C@@H]1C(C)(C)C1(Cl)Cl. The van der Waals surface area contributed by atoms with Crippen LogP contribution in [0.2, 0.25) is 0 Å². The molecule has 0 amide bonds. The monoisotopic (exact) mass is 382 g/mol. The second kappa shape index (κ2) is 5.78. The maximum atomic E-state index is 6.57. The van der Waals surface area contributed by atoms with Crippen LogP contribution in [0.5, 0.6) is 5.75 Å². The maximum Gasteiger partial charge on any atom is 0.127 e. The smallest absolute Gasteiger partial charge is 0.127 e. The van der Waals surface area contributed by atoms with E-state index in [0.717, 1.165) is 31.4 Å². The van der Waals surface area contributed by atoms with Crippen molar-refractivity contribution in [3.05, 3.63) is 29.8 Å². The average molecular weight is 383 g/mol. The summed E-state index contributed by atoms with van der Waals surface area (Å²) < 4.78 is 12.4. The second-order valence-electron chi connectivity index (χ2n) is 8.94. The number of hydrogen-bond acceptors (Lipinski definition) is 2. The van der Waals surface area contributed by atoms with Gasteiger partial charge in [-0.25, -0.2) is 0 Å². The second-order valence-corrected chi connectivity index (χ2v) is 10.3. The third kappa shape index (κ3) is 2.71. The molecule has 1 saturated heterocycles. The van der Waals surface area contributed by atoms with Gasteiger partial charge in [0.25, 0.3) is 0 Å². The van der Waals surface area contributed by atoms with E-state index in [-0.39, 0.29) is 17.1 Å². The van der Waals surface area contributed by atoms with E-state index in [9.17, 15) is 0 Å². The summed E-state index contributed by atoms with van der Waals surface area (Å²) >= 11 is 13.0. The Labute approximate surface area is 161 Å². The molecule has 5 atom stereocenters. The number of benzene rings is 1. The fourth-order valence-electron chi connectivity index (χ4n) is 5.00. The van der Waals surface area contributed by atoms with Gasteiger partial charge in [0.15, 0.2) is 0 Å². The number of hydrogen-bond donors (Lipinski definition) is 0. The molecule has 3 aliphatic rings. The van der Waals surface area contributed by atoms with Gasteiger partial charge in [0.2, 0.25) is 0 Å². The molecule has 2 aliphatic heterocycles. The molecule has 4 heteroatoms. The van der Waals surface area contributed by atoms with Crippen LogP contribution >= 0.6 is 23.2 Å². The average Bonchev–Trinajstić information content (AvgIpc) is 2.94. The van der Waals surface area contributed by atoms with Crippen molar-refractivity contribution in [3.63, 3.8) is 0 Å². The van der Waals surface area contributed by atoms with Gasteiger partial charge in [-0.2, -0.15) is 0 Å². The topological polar surface area (TPSA) is 18.5 Å². The molecule has 1 aliphatic carbocycles. The van der Waals surface area contributed by atoms with Gasteiger partial charge in [0, 0.05) is 22.8 Å². The third-order valence-electron chi connectivity index (χ3n) is 7.00. The zero-order valence-corrected chi connectivity index (χ0v) is 17.0. The molecule has 25 heavy (non-hydrogen) atoms. The van der Waals surface area contributed by atoms with Gasteiger partial charge in [-0.1, -0.05) is 32.0 Å². The maximum absolute atomic E-state index is 6.57. The Morgan fingerprint density at radius 3 is 2.48 bits per heavy atom. The van der Waals surface area contributed by atoms with Crippen LogP contribution in [0.3, 0.4) is 0 Å². The summed E-state index contributed by atoms with van der Waals surface area (Å²) in [5.74, 6) is 1.67. The molecule has 2 heterocycles. The highest BCUT2D eigenvalue weighted by molar-refractivity contribution is 6.51. The summed E-state index contributed by atoms with van der Waals surface area (Å²) in [6.07, 6.45) is 4.59. The predicted molar refractivity (Wildman–Crippen MR) is 102 cm³/mol. The first-order valence-corrected chi connectivity index (χ1v) is 10.2. The normalized spacial score (nSPS) is 40.6. The Morgan fingerprint density at radius 1 is 1.12 bits per heavy atom. The van der Waals surface area contributed by atoms with Crippen molar-refractivity contribution in [2.24, 2.45) is 17.3 Å². The Kier molecular flexibility index (Phi) is 4.15. The fourth-order valence-corrected chi connectivity index (χ4v) is 5.91. The number of halogens is 2. The number of rotatable bonds is 3. The van der Waals surface area contributed by atoms with Crippen molar-refractivity contribution < 1.29 is 9.47 Å². The minimum Gasteiger partial charge on any atom is -0.487 e. The number of fused-ring (bicyclic) bond motifs is 3. The van der Waals surface area contributed by atoms with E-state index in [2.05, 4.69) is 45.9 Å². The van der Waals surface area contributed by atoms with Crippen LogP contribution in [0.4, 0.5) is 0 Å². The van der Waals surface area contributed by atoms with Crippen LogP contribution in [0.15, 0.2) is 24.3 Å². The van der Waals surface area contributed by atoms with Crippen LogP contribution in [0.1, 0.15) is 65.0 Å². The molecule has 0 aromatic heterocycles. The molecule has 1 saturated carbocycles. The van der Waals surface area contributed by atoms with Gasteiger partial charge >= 0.3 is 0 Å². The van der Waals surface area contributed by atoms with Gasteiger partial charge in [-0.05, 0) is 45.6 Å². The molecule has 2 nitrogen and oxygen atoms in total. The lowest BCUT2D eigenvalue weighted by Crippen LogP contribution is -2.50. The first-order chi connectivity index (χ1) is 11.7. The molecule has 0 radical (unpaired) electrons.